The number of sulfonamides is 1. The van der Waals surface area contributed by atoms with Gasteiger partial charge in [-0.1, -0.05) is 40.2 Å². The molecule has 0 unspecified atom stereocenters. The van der Waals surface area contributed by atoms with Crippen LogP contribution < -0.4 is 10.0 Å². The molecule has 0 heterocycles. The van der Waals surface area contributed by atoms with E-state index >= 15 is 0 Å². The van der Waals surface area contributed by atoms with Crippen LogP contribution in [-0.2, 0) is 10.0 Å². The highest BCUT2D eigenvalue weighted by atomic mass is 79.9. The Morgan fingerprint density at radius 2 is 1.57 bits per heavy atom. The predicted molar refractivity (Wildman–Crippen MR) is 115 cm³/mol. The van der Waals surface area contributed by atoms with Gasteiger partial charge in [-0.25, -0.2) is 8.42 Å². The molecule has 1 amide bonds. The quantitative estimate of drug-likeness (QED) is 0.556. The molecule has 0 radical (unpaired) electrons. The summed E-state index contributed by atoms with van der Waals surface area (Å²) in [5.74, 6) is -0.269. The summed E-state index contributed by atoms with van der Waals surface area (Å²) in [5.41, 5.74) is 3.42. The first kappa shape index (κ1) is 20.1. The molecule has 3 rings (SSSR count). The fourth-order valence-electron chi connectivity index (χ4n) is 2.55. The van der Waals surface area contributed by atoms with Crippen molar-refractivity contribution in [2.75, 3.05) is 10.0 Å². The van der Waals surface area contributed by atoms with Gasteiger partial charge < -0.3 is 5.32 Å². The lowest BCUT2D eigenvalue weighted by molar-refractivity contribution is 0.102. The SMILES string of the molecule is Cc1ccc(C(=O)Nc2ccc(S(=O)(=O)Nc3ccccc3C)cc2)cc1Br. The van der Waals surface area contributed by atoms with Crippen molar-refractivity contribution in [3.05, 3.63) is 87.9 Å². The number of carbonyl (C=O) groups is 1. The number of nitrogens with one attached hydrogen (secondary N) is 2. The zero-order valence-electron chi connectivity index (χ0n) is 15.4. The lowest BCUT2D eigenvalue weighted by atomic mass is 10.1. The summed E-state index contributed by atoms with van der Waals surface area (Å²) in [5, 5.41) is 2.77. The lowest BCUT2D eigenvalue weighted by Crippen LogP contribution is -2.14. The van der Waals surface area contributed by atoms with Crippen LogP contribution in [0, 0.1) is 13.8 Å². The van der Waals surface area contributed by atoms with E-state index in [4.69, 9.17) is 0 Å². The Kier molecular flexibility index (Phi) is 5.86. The van der Waals surface area contributed by atoms with E-state index in [-0.39, 0.29) is 10.8 Å². The molecule has 28 heavy (non-hydrogen) atoms. The number of hydrogen-bond acceptors (Lipinski definition) is 3. The summed E-state index contributed by atoms with van der Waals surface area (Å²) in [6.45, 7) is 3.77. The molecule has 7 heteroatoms. The Bertz CT molecular complexity index is 1130. The summed E-state index contributed by atoms with van der Waals surface area (Å²) in [6.07, 6.45) is 0. The third-order valence-corrected chi connectivity index (χ3v) is 6.48. The number of amides is 1. The van der Waals surface area contributed by atoms with Crippen LogP contribution in [0.4, 0.5) is 11.4 Å². The molecule has 0 aliphatic carbocycles. The Morgan fingerprint density at radius 1 is 0.893 bits per heavy atom. The fourth-order valence-corrected chi connectivity index (χ4v) is 4.06. The first-order valence-electron chi connectivity index (χ1n) is 8.52. The Labute approximate surface area is 173 Å². The minimum Gasteiger partial charge on any atom is -0.322 e. The van der Waals surface area contributed by atoms with E-state index in [1.165, 1.54) is 12.1 Å². The van der Waals surface area contributed by atoms with Gasteiger partial charge in [0.05, 0.1) is 10.6 Å². The zero-order valence-corrected chi connectivity index (χ0v) is 17.8. The topological polar surface area (TPSA) is 75.3 Å². The van der Waals surface area contributed by atoms with E-state index in [2.05, 4.69) is 26.0 Å². The molecule has 0 bridgehead atoms. The number of hydrogen-bond donors (Lipinski definition) is 2. The van der Waals surface area contributed by atoms with Crippen molar-refractivity contribution in [3.63, 3.8) is 0 Å². The lowest BCUT2D eigenvalue weighted by Gasteiger charge is -2.11. The number of para-hydroxylation sites is 1. The molecule has 144 valence electrons. The molecular weight excluding hydrogens is 440 g/mol. The molecule has 5 nitrogen and oxygen atoms in total. The van der Waals surface area contributed by atoms with Crippen LogP contribution in [0.15, 0.2) is 76.1 Å². The molecule has 3 aromatic rings. The molecule has 0 fully saturated rings. The minimum absolute atomic E-state index is 0.117. The summed E-state index contributed by atoms with van der Waals surface area (Å²) in [7, 11) is -3.71. The molecule has 3 aromatic carbocycles. The molecular formula is C21H19BrN2O3S. The van der Waals surface area contributed by atoms with E-state index in [9.17, 15) is 13.2 Å². The average Bonchev–Trinajstić information content (AvgIpc) is 2.66. The molecule has 0 spiro atoms. The first-order valence-corrected chi connectivity index (χ1v) is 10.8. The van der Waals surface area contributed by atoms with Gasteiger partial charge in [-0.3, -0.25) is 9.52 Å². The smallest absolute Gasteiger partial charge is 0.261 e. The van der Waals surface area contributed by atoms with Crippen LogP contribution in [0.5, 0.6) is 0 Å². The number of anilines is 2. The molecule has 0 aliphatic heterocycles. The molecule has 2 N–H and O–H groups in total. The van der Waals surface area contributed by atoms with Crippen LogP contribution in [-0.4, -0.2) is 14.3 Å². The van der Waals surface area contributed by atoms with Gasteiger partial charge in [0.25, 0.3) is 15.9 Å². The van der Waals surface area contributed by atoms with Crippen LogP contribution in [0.3, 0.4) is 0 Å². The second-order valence-corrected chi connectivity index (χ2v) is 8.90. The largest absolute Gasteiger partial charge is 0.322 e. The van der Waals surface area contributed by atoms with E-state index in [1.54, 1.807) is 36.4 Å². The second kappa shape index (κ2) is 8.16. The van der Waals surface area contributed by atoms with E-state index in [0.29, 0.717) is 16.9 Å². The van der Waals surface area contributed by atoms with Crippen LogP contribution in [0.25, 0.3) is 0 Å². The number of aryl methyl sites for hydroxylation is 2. The maximum absolute atomic E-state index is 12.6. The molecule has 0 aliphatic rings. The van der Waals surface area contributed by atoms with Gasteiger partial charge in [-0.2, -0.15) is 0 Å². The normalized spacial score (nSPS) is 11.1. The van der Waals surface area contributed by atoms with E-state index in [1.807, 2.05) is 32.0 Å². The summed E-state index contributed by atoms with van der Waals surface area (Å²) in [4.78, 5) is 12.5. The highest BCUT2D eigenvalue weighted by Gasteiger charge is 2.15. The van der Waals surface area contributed by atoms with Crippen LogP contribution in [0.2, 0.25) is 0 Å². The van der Waals surface area contributed by atoms with Crippen molar-refractivity contribution < 1.29 is 13.2 Å². The summed E-state index contributed by atoms with van der Waals surface area (Å²) < 4.78 is 28.6. The third kappa shape index (κ3) is 4.61. The first-order chi connectivity index (χ1) is 13.3. The monoisotopic (exact) mass is 458 g/mol. The fraction of sp³-hybridized carbons (Fsp3) is 0.0952. The highest BCUT2D eigenvalue weighted by molar-refractivity contribution is 9.10. The van der Waals surface area contributed by atoms with Gasteiger partial charge in [0.2, 0.25) is 0 Å². The molecule has 0 saturated carbocycles. The van der Waals surface area contributed by atoms with Crippen molar-refractivity contribution in [1.82, 2.24) is 0 Å². The van der Waals surface area contributed by atoms with E-state index < -0.39 is 10.0 Å². The van der Waals surface area contributed by atoms with Crippen molar-refractivity contribution in [1.29, 1.82) is 0 Å². The van der Waals surface area contributed by atoms with Crippen LogP contribution in [0.1, 0.15) is 21.5 Å². The van der Waals surface area contributed by atoms with Crippen molar-refractivity contribution >= 4 is 43.2 Å². The van der Waals surface area contributed by atoms with Crippen molar-refractivity contribution in [3.8, 4) is 0 Å². The highest BCUT2D eigenvalue weighted by Crippen LogP contribution is 2.22. The average molecular weight is 459 g/mol. The molecule has 0 saturated heterocycles. The van der Waals surface area contributed by atoms with Crippen molar-refractivity contribution in [2.45, 2.75) is 18.7 Å². The summed E-state index contributed by atoms with van der Waals surface area (Å²) >= 11 is 3.41. The van der Waals surface area contributed by atoms with Gasteiger partial charge >= 0.3 is 0 Å². The number of carbonyl (C=O) groups excluding carboxylic acids is 1. The van der Waals surface area contributed by atoms with Gasteiger partial charge in [-0.05, 0) is 67.4 Å². The summed E-state index contributed by atoms with van der Waals surface area (Å²) in [6, 6.07) is 18.5. The Morgan fingerprint density at radius 3 is 2.21 bits per heavy atom. The number of benzene rings is 3. The Hall–Kier alpha value is -2.64. The molecule has 0 aromatic heterocycles. The van der Waals surface area contributed by atoms with Gasteiger partial charge in [0.15, 0.2) is 0 Å². The van der Waals surface area contributed by atoms with E-state index in [0.717, 1.165) is 15.6 Å². The van der Waals surface area contributed by atoms with Gasteiger partial charge in [0, 0.05) is 15.7 Å². The maximum atomic E-state index is 12.6. The van der Waals surface area contributed by atoms with Crippen molar-refractivity contribution in [2.24, 2.45) is 0 Å². The number of halogens is 1. The van der Waals surface area contributed by atoms with Crippen LogP contribution >= 0.6 is 15.9 Å². The minimum atomic E-state index is -3.71. The van der Waals surface area contributed by atoms with Gasteiger partial charge in [-0.15, -0.1) is 0 Å². The Balaban J connectivity index is 1.74. The predicted octanol–water partition coefficient (Wildman–Crippen LogP) is 5.12. The third-order valence-electron chi connectivity index (χ3n) is 4.25. The zero-order chi connectivity index (χ0) is 20.3. The maximum Gasteiger partial charge on any atom is 0.261 e. The number of rotatable bonds is 5. The standard InChI is InChI=1S/C21H19BrN2O3S/c1-14-7-8-16(13-19(14)22)21(25)23-17-9-11-18(12-10-17)28(26,27)24-20-6-4-3-5-15(20)2/h3-13,24H,1-2H3,(H,23,25). The second-order valence-electron chi connectivity index (χ2n) is 6.36. The molecule has 0 atom stereocenters. The van der Waals surface area contributed by atoms with Gasteiger partial charge in [0.1, 0.15) is 0 Å².